The molecule has 0 atom stereocenters. The highest BCUT2D eigenvalue weighted by atomic mass is 14.9. The number of aryl methyl sites for hydroxylation is 3. The van der Waals surface area contributed by atoms with E-state index in [0.717, 1.165) is 30.0 Å². The molecule has 0 amide bonds. The summed E-state index contributed by atoms with van der Waals surface area (Å²) in [5.74, 6) is 0. The van der Waals surface area contributed by atoms with Crippen LogP contribution in [0.3, 0.4) is 0 Å². The van der Waals surface area contributed by atoms with Crippen LogP contribution in [0, 0.1) is 32.1 Å². The van der Waals surface area contributed by atoms with Crippen molar-refractivity contribution in [1.82, 2.24) is 4.98 Å². The first-order valence-electron chi connectivity index (χ1n) is 6.78. The lowest BCUT2D eigenvalue weighted by molar-refractivity contribution is 0.997. The molecular weight excluding hydrogens is 246 g/mol. The number of rotatable bonds is 4. The SMILES string of the molecule is Cc1cc(NCCc2ccccc2C)c(C#N)c(C)n1. The minimum atomic E-state index is 0.639. The topological polar surface area (TPSA) is 48.7 Å². The van der Waals surface area contributed by atoms with Crippen molar-refractivity contribution in [3.8, 4) is 6.07 Å². The number of pyridine rings is 1. The van der Waals surface area contributed by atoms with Crippen molar-refractivity contribution < 1.29 is 0 Å². The number of hydrogen-bond acceptors (Lipinski definition) is 3. The van der Waals surface area contributed by atoms with E-state index in [4.69, 9.17) is 0 Å². The second-order valence-electron chi connectivity index (χ2n) is 4.99. The average Bonchev–Trinajstić information content (AvgIpc) is 2.40. The monoisotopic (exact) mass is 265 g/mol. The molecule has 1 aromatic carbocycles. The normalized spacial score (nSPS) is 10.1. The van der Waals surface area contributed by atoms with Crippen LogP contribution in [-0.4, -0.2) is 11.5 Å². The molecule has 0 aliphatic rings. The van der Waals surface area contributed by atoms with E-state index in [1.165, 1.54) is 11.1 Å². The maximum atomic E-state index is 9.22. The first kappa shape index (κ1) is 14.1. The molecule has 102 valence electrons. The number of benzene rings is 1. The Balaban J connectivity index is 2.09. The molecule has 2 rings (SSSR count). The smallest absolute Gasteiger partial charge is 0.103 e. The Kier molecular flexibility index (Phi) is 4.37. The van der Waals surface area contributed by atoms with Crippen molar-refractivity contribution >= 4 is 5.69 Å². The number of hydrogen-bond donors (Lipinski definition) is 1. The highest BCUT2D eigenvalue weighted by molar-refractivity contribution is 5.59. The summed E-state index contributed by atoms with van der Waals surface area (Å²) in [7, 11) is 0. The first-order chi connectivity index (χ1) is 9.61. The van der Waals surface area contributed by atoms with E-state index in [0.29, 0.717) is 5.56 Å². The molecule has 0 bridgehead atoms. The van der Waals surface area contributed by atoms with Gasteiger partial charge in [0.15, 0.2) is 0 Å². The lowest BCUT2D eigenvalue weighted by Gasteiger charge is -2.11. The van der Waals surface area contributed by atoms with Gasteiger partial charge in [0.25, 0.3) is 0 Å². The molecule has 0 aliphatic heterocycles. The first-order valence-corrected chi connectivity index (χ1v) is 6.78. The summed E-state index contributed by atoms with van der Waals surface area (Å²) < 4.78 is 0. The van der Waals surface area contributed by atoms with Crippen molar-refractivity contribution in [2.24, 2.45) is 0 Å². The van der Waals surface area contributed by atoms with Gasteiger partial charge in [0.2, 0.25) is 0 Å². The number of aromatic nitrogens is 1. The maximum Gasteiger partial charge on any atom is 0.103 e. The fourth-order valence-corrected chi connectivity index (χ4v) is 2.33. The third-order valence-corrected chi connectivity index (χ3v) is 3.41. The van der Waals surface area contributed by atoms with Gasteiger partial charge in [0.05, 0.1) is 16.9 Å². The second-order valence-corrected chi connectivity index (χ2v) is 4.99. The van der Waals surface area contributed by atoms with Gasteiger partial charge in [-0.1, -0.05) is 24.3 Å². The van der Waals surface area contributed by atoms with E-state index in [1.54, 1.807) is 0 Å². The van der Waals surface area contributed by atoms with Gasteiger partial charge in [0.1, 0.15) is 6.07 Å². The molecule has 0 saturated carbocycles. The fraction of sp³-hybridized carbons (Fsp3) is 0.294. The Hall–Kier alpha value is -2.34. The predicted molar refractivity (Wildman–Crippen MR) is 81.8 cm³/mol. The lowest BCUT2D eigenvalue weighted by atomic mass is 10.1. The molecular formula is C17H19N3. The number of nitrogens with one attached hydrogen (secondary N) is 1. The molecule has 0 unspecified atom stereocenters. The molecule has 3 heteroatoms. The van der Waals surface area contributed by atoms with Crippen LogP contribution >= 0.6 is 0 Å². The molecule has 0 aliphatic carbocycles. The predicted octanol–water partition coefficient (Wildman–Crippen LogP) is 3.53. The molecule has 0 radical (unpaired) electrons. The molecule has 0 fully saturated rings. The second kappa shape index (κ2) is 6.21. The summed E-state index contributed by atoms with van der Waals surface area (Å²) in [5, 5.41) is 12.6. The van der Waals surface area contributed by atoms with Crippen molar-refractivity contribution in [1.29, 1.82) is 5.26 Å². The van der Waals surface area contributed by atoms with Gasteiger partial charge in [-0.15, -0.1) is 0 Å². The van der Waals surface area contributed by atoms with Crippen LogP contribution in [0.15, 0.2) is 30.3 Å². The molecule has 2 aromatic rings. The fourth-order valence-electron chi connectivity index (χ4n) is 2.33. The standard InChI is InChI=1S/C17H19N3/c1-12-6-4-5-7-15(12)8-9-19-17-10-13(2)20-14(3)16(17)11-18/h4-7,10H,8-9H2,1-3H3,(H,19,20). The van der Waals surface area contributed by atoms with E-state index in [9.17, 15) is 5.26 Å². The van der Waals surface area contributed by atoms with E-state index in [1.807, 2.05) is 19.9 Å². The third-order valence-electron chi connectivity index (χ3n) is 3.41. The molecule has 1 N–H and O–H groups in total. The Bertz CT molecular complexity index is 654. The Morgan fingerprint density at radius 1 is 1.20 bits per heavy atom. The minimum Gasteiger partial charge on any atom is -0.384 e. The van der Waals surface area contributed by atoms with Crippen LogP contribution in [0.2, 0.25) is 0 Å². The summed E-state index contributed by atoms with van der Waals surface area (Å²) in [6, 6.07) is 12.5. The minimum absolute atomic E-state index is 0.639. The van der Waals surface area contributed by atoms with Crippen LogP contribution in [0.5, 0.6) is 0 Å². The summed E-state index contributed by atoms with van der Waals surface area (Å²) in [6.07, 6.45) is 0.942. The number of nitriles is 1. The van der Waals surface area contributed by atoms with Crippen LogP contribution < -0.4 is 5.32 Å². The summed E-state index contributed by atoms with van der Waals surface area (Å²) in [6.45, 7) is 6.75. The van der Waals surface area contributed by atoms with E-state index >= 15 is 0 Å². The zero-order valence-electron chi connectivity index (χ0n) is 12.2. The Morgan fingerprint density at radius 2 is 1.95 bits per heavy atom. The zero-order chi connectivity index (χ0) is 14.5. The molecule has 0 saturated heterocycles. The quantitative estimate of drug-likeness (QED) is 0.920. The van der Waals surface area contributed by atoms with E-state index < -0.39 is 0 Å². The van der Waals surface area contributed by atoms with Crippen LogP contribution in [0.4, 0.5) is 5.69 Å². The molecule has 1 heterocycles. The Labute approximate surface area is 120 Å². The van der Waals surface area contributed by atoms with Gasteiger partial charge in [-0.05, 0) is 44.4 Å². The van der Waals surface area contributed by atoms with Crippen molar-refractivity contribution in [3.05, 3.63) is 58.4 Å². The van der Waals surface area contributed by atoms with Gasteiger partial charge in [0, 0.05) is 12.2 Å². The van der Waals surface area contributed by atoms with Gasteiger partial charge in [-0.2, -0.15) is 5.26 Å². The van der Waals surface area contributed by atoms with E-state index in [2.05, 4.69) is 47.6 Å². The van der Waals surface area contributed by atoms with Crippen molar-refractivity contribution in [2.45, 2.75) is 27.2 Å². The van der Waals surface area contributed by atoms with Crippen LogP contribution in [0.1, 0.15) is 28.1 Å². The van der Waals surface area contributed by atoms with Crippen LogP contribution in [0.25, 0.3) is 0 Å². The molecule has 3 nitrogen and oxygen atoms in total. The van der Waals surface area contributed by atoms with Crippen molar-refractivity contribution in [3.63, 3.8) is 0 Å². The van der Waals surface area contributed by atoms with Gasteiger partial charge >= 0.3 is 0 Å². The molecule has 0 spiro atoms. The largest absolute Gasteiger partial charge is 0.384 e. The maximum absolute atomic E-state index is 9.22. The summed E-state index contributed by atoms with van der Waals surface area (Å²) in [4.78, 5) is 4.32. The van der Waals surface area contributed by atoms with E-state index in [-0.39, 0.29) is 0 Å². The lowest BCUT2D eigenvalue weighted by Crippen LogP contribution is -2.08. The highest BCUT2D eigenvalue weighted by Gasteiger charge is 2.07. The molecule has 20 heavy (non-hydrogen) atoms. The van der Waals surface area contributed by atoms with Gasteiger partial charge < -0.3 is 5.32 Å². The average molecular weight is 265 g/mol. The van der Waals surface area contributed by atoms with Gasteiger partial charge in [-0.25, -0.2) is 0 Å². The van der Waals surface area contributed by atoms with Crippen molar-refractivity contribution in [2.75, 3.05) is 11.9 Å². The van der Waals surface area contributed by atoms with Gasteiger partial charge in [-0.3, -0.25) is 4.98 Å². The number of nitrogens with zero attached hydrogens (tertiary/aromatic N) is 2. The summed E-state index contributed by atoms with van der Waals surface area (Å²) in [5.41, 5.74) is 5.87. The highest BCUT2D eigenvalue weighted by Crippen LogP contribution is 2.18. The summed E-state index contributed by atoms with van der Waals surface area (Å²) >= 11 is 0. The number of anilines is 1. The zero-order valence-corrected chi connectivity index (χ0v) is 12.2. The van der Waals surface area contributed by atoms with Crippen LogP contribution in [-0.2, 0) is 6.42 Å². The molecule has 1 aromatic heterocycles. The Morgan fingerprint density at radius 3 is 2.65 bits per heavy atom. The third kappa shape index (κ3) is 3.16.